The summed E-state index contributed by atoms with van der Waals surface area (Å²) >= 11 is 0. The molecule has 0 amide bonds. The van der Waals surface area contributed by atoms with Crippen LogP contribution >= 0.6 is 0 Å². The molecule has 130 valence electrons. The largest absolute Gasteiger partial charge is 0.478 e. The summed E-state index contributed by atoms with van der Waals surface area (Å²) in [5.41, 5.74) is 1.56. The van der Waals surface area contributed by atoms with Gasteiger partial charge in [-0.1, -0.05) is 81.0 Å². The Labute approximate surface area is 144 Å². The molecule has 24 heavy (non-hydrogen) atoms. The quantitative estimate of drug-likeness (QED) is 0.603. The highest BCUT2D eigenvalue weighted by atomic mass is 16.4. The Hall–Kier alpha value is -3.14. The minimum atomic E-state index is -0.981. The molecule has 1 aromatic carbocycles. The molecule has 4 heteroatoms. The second-order valence-electron chi connectivity index (χ2n) is 3.91. The second kappa shape index (κ2) is 19.9. The number of benzene rings is 1. The van der Waals surface area contributed by atoms with Crippen molar-refractivity contribution in [3.8, 4) is 0 Å². The molecular weight excluding hydrogens is 304 g/mol. The minimum Gasteiger partial charge on any atom is -0.478 e. The zero-order valence-corrected chi connectivity index (χ0v) is 14.3. The average Bonchev–Trinajstić information content (AvgIpc) is 2.62. The van der Waals surface area contributed by atoms with Crippen LogP contribution in [0.15, 0.2) is 86.5 Å². The number of hydrogen-bond donors (Lipinski definition) is 2. The molecule has 0 saturated carbocycles. The minimum absolute atomic E-state index is 0.389. The number of carboxylic acid groups (broad SMARTS) is 2. The van der Waals surface area contributed by atoms with Crippen LogP contribution in [0.2, 0.25) is 0 Å². The van der Waals surface area contributed by atoms with Gasteiger partial charge in [0.2, 0.25) is 0 Å². The first kappa shape index (κ1) is 25.8. The molecule has 1 rings (SSSR count). The first-order valence-electron chi connectivity index (χ1n) is 6.93. The van der Waals surface area contributed by atoms with E-state index in [4.69, 9.17) is 10.2 Å². The fourth-order valence-electron chi connectivity index (χ4n) is 0.713. The zero-order valence-electron chi connectivity index (χ0n) is 14.3. The van der Waals surface area contributed by atoms with Gasteiger partial charge >= 0.3 is 11.9 Å². The molecule has 0 fully saturated rings. The van der Waals surface area contributed by atoms with Crippen LogP contribution < -0.4 is 0 Å². The van der Waals surface area contributed by atoms with E-state index in [1.54, 1.807) is 32.1 Å². The van der Waals surface area contributed by atoms with Gasteiger partial charge in [0.25, 0.3) is 0 Å². The van der Waals surface area contributed by atoms with Crippen LogP contribution in [0.5, 0.6) is 0 Å². The van der Waals surface area contributed by atoms with E-state index in [0.29, 0.717) is 5.57 Å². The summed E-state index contributed by atoms with van der Waals surface area (Å²) in [5.74, 6) is -1.83. The van der Waals surface area contributed by atoms with E-state index in [9.17, 15) is 9.59 Å². The van der Waals surface area contributed by atoms with Crippen LogP contribution in [-0.2, 0) is 9.59 Å². The third kappa shape index (κ3) is 23.9. The molecule has 4 nitrogen and oxygen atoms in total. The summed E-state index contributed by atoms with van der Waals surface area (Å²) < 4.78 is 0. The first-order valence-corrected chi connectivity index (χ1v) is 6.93. The normalized spacial score (nSPS) is 8.33. The van der Waals surface area contributed by atoms with E-state index in [0.717, 1.165) is 6.08 Å². The van der Waals surface area contributed by atoms with E-state index >= 15 is 0 Å². The molecule has 0 aliphatic rings. The molecule has 0 aromatic heterocycles. The highest BCUT2D eigenvalue weighted by molar-refractivity contribution is 5.85. The number of rotatable bonds is 4. The summed E-state index contributed by atoms with van der Waals surface area (Å²) in [7, 11) is 0. The summed E-state index contributed by atoms with van der Waals surface area (Å²) in [4.78, 5) is 19.1. The second-order valence-corrected chi connectivity index (χ2v) is 3.91. The van der Waals surface area contributed by atoms with Crippen molar-refractivity contribution in [2.24, 2.45) is 0 Å². The van der Waals surface area contributed by atoms with Gasteiger partial charge in [0.1, 0.15) is 0 Å². The fraction of sp³-hybridized carbons (Fsp3) is 0.100. The number of carbonyl (C=O) groups is 2. The predicted octanol–water partition coefficient (Wildman–Crippen LogP) is 4.98. The van der Waals surface area contributed by atoms with Gasteiger partial charge in [-0.05, 0) is 19.4 Å². The molecule has 0 aliphatic carbocycles. The van der Waals surface area contributed by atoms with E-state index in [-0.39, 0.29) is 0 Å². The van der Waals surface area contributed by atoms with Crippen LogP contribution in [0, 0.1) is 0 Å². The van der Waals surface area contributed by atoms with Gasteiger partial charge in [0.05, 0.1) is 0 Å². The van der Waals surface area contributed by atoms with Crippen molar-refractivity contribution in [1.82, 2.24) is 0 Å². The topological polar surface area (TPSA) is 74.6 Å². The van der Waals surface area contributed by atoms with Crippen LogP contribution in [-0.4, -0.2) is 22.2 Å². The molecule has 0 unspecified atom stereocenters. The smallest absolute Gasteiger partial charge is 0.330 e. The monoisotopic (exact) mass is 330 g/mol. The lowest BCUT2D eigenvalue weighted by Gasteiger charge is -1.85. The lowest BCUT2D eigenvalue weighted by atomic mass is 10.2. The van der Waals surface area contributed by atoms with Gasteiger partial charge in [0.15, 0.2) is 0 Å². The predicted molar refractivity (Wildman–Crippen MR) is 102 cm³/mol. The van der Waals surface area contributed by atoms with E-state index in [2.05, 4.69) is 26.3 Å². The lowest BCUT2D eigenvalue weighted by Crippen LogP contribution is -1.93. The third-order valence-corrected chi connectivity index (χ3v) is 2.15. The van der Waals surface area contributed by atoms with Gasteiger partial charge < -0.3 is 10.2 Å². The highest BCUT2D eigenvalue weighted by Crippen LogP contribution is 1.97. The number of aliphatic carboxylic acids is 2. The molecule has 0 saturated heterocycles. The summed E-state index contributed by atoms with van der Waals surface area (Å²) in [5, 5.41) is 15.7. The number of hydrogen-bond acceptors (Lipinski definition) is 2. The van der Waals surface area contributed by atoms with Gasteiger partial charge in [-0.15, -0.1) is 0 Å². The van der Waals surface area contributed by atoms with E-state index in [1.165, 1.54) is 5.56 Å². The number of allylic oxidation sites excluding steroid dienone is 3. The fourth-order valence-corrected chi connectivity index (χ4v) is 0.713. The van der Waals surface area contributed by atoms with Crippen molar-refractivity contribution >= 4 is 18.0 Å². The van der Waals surface area contributed by atoms with Gasteiger partial charge in [0, 0.05) is 11.6 Å². The van der Waals surface area contributed by atoms with Crippen molar-refractivity contribution in [3.63, 3.8) is 0 Å². The Balaban J connectivity index is -0.000000255. The molecule has 0 radical (unpaired) electrons. The van der Waals surface area contributed by atoms with Gasteiger partial charge in [-0.2, -0.15) is 0 Å². The van der Waals surface area contributed by atoms with Crippen LogP contribution in [0.4, 0.5) is 0 Å². The Morgan fingerprint density at radius 1 is 0.958 bits per heavy atom. The summed E-state index contributed by atoms with van der Waals surface area (Å²) in [6, 6.07) is 10.0. The molecule has 0 bridgehead atoms. The van der Waals surface area contributed by atoms with Crippen molar-refractivity contribution in [2.75, 3.05) is 0 Å². The standard InChI is InChI=1S/C8H8.C5H8O2.C4H6.C3H4O2/c1-2-8-6-4-3-5-7-8;1-3-4(2)5(6)7;1-3-4-2;1-2-3(4)5/h2-7H,1H2;3H,1-2H3,(H,6,7);3-4H,1-2H2;2H,1H2,(H,4,5). The molecule has 0 aliphatic heterocycles. The van der Waals surface area contributed by atoms with Crippen molar-refractivity contribution in [2.45, 2.75) is 13.8 Å². The third-order valence-electron chi connectivity index (χ3n) is 2.15. The molecule has 0 spiro atoms. The van der Waals surface area contributed by atoms with Crippen molar-refractivity contribution in [1.29, 1.82) is 0 Å². The van der Waals surface area contributed by atoms with Gasteiger partial charge in [-0.25, -0.2) is 9.59 Å². The van der Waals surface area contributed by atoms with Gasteiger partial charge in [-0.3, -0.25) is 0 Å². The maximum Gasteiger partial charge on any atom is 0.330 e. The molecule has 1 aromatic rings. The molecule has 2 N–H and O–H groups in total. The van der Waals surface area contributed by atoms with E-state index < -0.39 is 11.9 Å². The lowest BCUT2D eigenvalue weighted by molar-refractivity contribution is -0.133. The van der Waals surface area contributed by atoms with Crippen LogP contribution in [0.25, 0.3) is 6.08 Å². The highest BCUT2D eigenvalue weighted by Gasteiger charge is 1.93. The summed E-state index contributed by atoms with van der Waals surface area (Å²) in [6.45, 7) is 16.6. The Morgan fingerprint density at radius 2 is 1.38 bits per heavy atom. The van der Waals surface area contributed by atoms with Crippen molar-refractivity contribution in [3.05, 3.63) is 92.1 Å². The van der Waals surface area contributed by atoms with E-state index in [1.807, 2.05) is 36.4 Å². The van der Waals surface area contributed by atoms with Crippen LogP contribution in [0.1, 0.15) is 19.4 Å². The Bertz CT molecular complexity index is 534. The Kier molecular flexibility index (Phi) is 21.3. The molecule has 0 atom stereocenters. The maximum absolute atomic E-state index is 9.86. The average molecular weight is 330 g/mol. The first-order chi connectivity index (χ1) is 11.3. The summed E-state index contributed by atoms with van der Waals surface area (Å²) in [6.07, 6.45) is 7.50. The van der Waals surface area contributed by atoms with Crippen molar-refractivity contribution < 1.29 is 19.8 Å². The SMILES string of the molecule is C=CC(=O)O.C=CC=C.C=Cc1ccccc1.CC=C(C)C(=O)O. The van der Waals surface area contributed by atoms with Crippen LogP contribution in [0.3, 0.4) is 0 Å². The molecule has 0 heterocycles. The Morgan fingerprint density at radius 3 is 1.50 bits per heavy atom. The zero-order chi connectivity index (χ0) is 19.4. The number of carboxylic acids is 2. The maximum atomic E-state index is 9.86. The molecular formula is C20H26O4.